The maximum absolute atomic E-state index is 13.9. The number of benzene rings is 5. The van der Waals surface area contributed by atoms with Crippen molar-refractivity contribution in [3.63, 3.8) is 0 Å². The van der Waals surface area contributed by atoms with Crippen LogP contribution in [0, 0.1) is 19.8 Å². The number of Topliss-reactive ketones (excluding diaryl/α,β-unsaturated/α-hetero) is 1. The van der Waals surface area contributed by atoms with E-state index in [9.17, 15) is 63.4 Å². The molecule has 1 aliphatic heterocycles. The number of alkyl carbamates (subject to hydrolysis) is 1. The number of imidazole rings is 1. The van der Waals surface area contributed by atoms with Gasteiger partial charge in [0, 0.05) is 69.2 Å². The molecule has 3 amide bonds. The number of carboxylic acid groups (broad SMARTS) is 1. The molecule has 1 unspecified atom stereocenters. The molecule has 5 aromatic carbocycles. The van der Waals surface area contributed by atoms with E-state index in [1.54, 1.807) is 51.0 Å². The summed E-state index contributed by atoms with van der Waals surface area (Å²) >= 11 is 0. The van der Waals surface area contributed by atoms with Crippen molar-refractivity contribution in [3.05, 3.63) is 173 Å². The highest BCUT2D eigenvalue weighted by Crippen LogP contribution is 2.43. The third kappa shape index (κ3) is 18.7. The van der Waals surface area contributed by atoms with Crippen LogP contribution in [0.25, 0.3) is 0 Å². The summed E-state index contributed by atoms with van der Waals surface area (Å²) in [7, 11) is -12.1. The van der Waals surface area contributed by atoms with E-state index in [1.165, 1.54) is 26.0 Å². The Kier molecular flexibility index (Phi) is 22.6. The summed E-state index contributed by atoms with van der Waals surface area (Å²) in [4.78, 5) is 71.4. The van der Waals surface area contributed by atoms with Gasteiger partial charge in [-0.1, -0.05) is 97.1 Å². The van der Waals surface area contributed by atoms with Gasteiger partial charge in [0.1, 0.15) is 29.0 Å². The average molecular weight is 1290 g/mol. The summed E-state index contributed by atoms with van der Waals surface area (Å²) in [6.07, 6.45) is 2.60. The molecule has 0 radical (unpaired) electrons. The number of amides is 3. The Balaban J connectivity index is 0.916. The summed E-state index contributed by atoms with van der Waals surface area (Å²) < 4.78 is 109. The van der Waals surface area contributed by atoms with Crippen molar-refractivity contribution in [1.82, 2.24) is 30.2 Å². The second kappa shape index (κ2) is 29.4. The first-order chi connectivity index (χ1) is 41.9. The van der Waals surface area contributed by atoms with Crippen LogP contribution in [-0.2, 0) is 61.5 Å². The van der Waals surface area contributed by atoms with E-state index in [0.717, 1.165) is 22.3 Å². The van der Waals surface area contributed by atoms with Crippen molar-refractivity contribution in [2.24, 2.45) is 5.92 Å². The maximum atomic E-state index is 13.9. The fraction of sp³-hybridized carbons (Fsp3) is 0.387. The molecule has 1 aliphatic rings. The molecule has 2 heterocycles. The second-order valence-electron chi connectivity index (χ2n) is 22.9. The molecule has 24 nitrogen and oxygen atoms in total. The van der Waals surface area contributed by atoms with Crippen molar-refractivity contribution >= 4 is 71.6 Å². The van der Waals surface area contributed by atoms with Crippen LogP contribution in [0.2, 0.25) is 0 Å². The number of sulfonamides is 1. The Morgan fingerprint density at radius 3 is 1.91 bits per heavy atom. The summed E-state index contributed by atoms with van der Waals surface area (Å²) in [6, 6.07) is 34.5. The lowest BCUT2D eigenvalue weighted by molar-refractivity contribution is -0.139. The van der Waals surface area contributed by atoms with Crippen LogP contribution >= 0.6 is 0 Å². The van der Waals surface area contributed by atoms with E-state index in [-0.39, 0.29) is 85.8 Å². The minimum Gasteiger partial charge on any atom is -0.494 e. The number of aryl methyl sites for hydroxylation is 2. The molecule has 89 heavy (non-hydrogen) atoms. The monoisotopic (exact) mass is 1280 g/mol. The number of aromatic nitrogens is 2. The van der Waals surface area contributed by atoms with E-state index in [2.05, 4.69) is 67.0 Å². The van der Waals surface area contributed by atoms with E-state index in [4.69, 9.17) is 14.5 Å². The number of carbonyl (C=O) groups excluding carboxylic acids is 4. The van der Waals surface area contributed by atoms with Crippen LogP contribution in [0.5, 0.6) is 5.75 Å². The molecule has 6 aromatic rings. The van der Waals surface area contributed by atoms with Crippen molar-refractivity contribution in [2.75, 3.05) is 48.5 Å². The molecule has 0 spiro atoms. The molecule has 4 atom stereocenters. The van der Waals surface area contributed by atoms with Crippen LogP contribution in [-0.4, -0.2) is 141 Å². The highest BCUT2D eigenvalue weighted by atomic mass is 32.2. The predicted octanol–water partition coefficient (Wildman–Crippen LogP) is 6.62. The first-order valence-electron chi connectivity index (χ1n) is 28.7. The zero-order chi connectivity index (χ0) is 64.9. The fourth-order valence-electron chi connectivity index (χ4n) is 11.1. The standard InChI is InChI=1S/C62H76N8O16S3/c1-41-32-49(85-31-17-25-55(72)63-28-16-18-44(39-87(77,78)79)34-48(40-88(80,81)82)67-60(76)86-61(3,4)5)33-42(2)56(41)89(83,84)68-51(58(74)75)38-65-57(73)53-36-54(71)50-27-26-43(35-52(50)69(53)6)37-66-59-64-29-30-70(59)62(45-19-10-7-11-20-45,46-21-12-8-13-22-46)47-23-14-9-15-24-47/h7-15,19-24,26-27,29-30,32-33,35,44,48,51,53,68H,16-18,25,28,31,34,36-40H2,1-6H3,(H,63,72)(H,64,66)(H,65,73)(H,67,76)(H,74,75)(H,77,78,79)(H,80,81,82)/t44-,48-,51+,53?/m1/s1. The van der Waals surface area contributed by atoms with Gasteiger partial charge in [0.25, 0.3) is 20.2 Å². The first kappa shape index (κ1) is 68.3. The number of rotatable bonds is 30. The van der Waals surface area contributed by atoms with E-state index in [1.807, 2.05) is 66.9 Å². The molecule has 0 saturated heterocycles. The van der Waals surface area contributed by atoms with Gasteiger partial charge < -0.3 is 40.7 Å². The van der Waals surface area contributed by atoms with Gasteiger partial charge in [0.15, 0.2) is 5.78 Å². The van der Waals surface area contributed by atoms with Gasteiger partial charge in [-0.05, 0) is 124 Å². The Hall–Kier alpha value is -8.21. The van der Waals surface area contributed by atoms with Crippen molar-refractivity contribution in [1.29, 1.82) is 0 Å². The van der Waals surface area contributed by atoms with Gasteiger partial charge in [0.05, 0.1) is 23.0 Å². The predicted molar refractivity (Wildman–Crippen MR) is 333 cm³/mol. The summed E-state index contributed by atoms with van der Waals surface area (Å²) in [5, 5.41) is 21.3. The van der Waals surface area contributed by atoms with Crippen LogP contribution in [0.4, 0.5) is 16.4 Å². The number of aliphatic carboxylic acids is 1. The second-order valence-corrected chi connectivity index (χ2v) is 27.6. The van der Waals surface area contributed by atoms with Crippen LogP contribution < -0.4 is 35.6 Å². The van der Waals surface area contributed by atoms with Crippen LogP contribution in [0.15, 0.2) is 139 Å². The number of nitrogens with one attached hydrogen (secondary N) is 5. The zero-order valence-electron chi connectivity index (χ0n) is 50.2. The minimum atomic E-state index is -4.64. The third-order valence-corrected chi connectivity index (χ3v) is 18.3. The number of carbonyl (C=O) groups is 5. The lowest BCUT2D eigenvalue weighted by Gasteiger charge is -2.38. The number of carboxylic acids is 1. The SMILES string of the molecule is Cc1cc(OCCCC(=O)NCCC[C@H](C[C@H](CS(=O)(=O)O)NC(=O)OC(C)(C)C)CS(=O)(=O)O)cc(C)c1S(=O)(=O)N[C@@H](CNC(=O)C1CC(=O)c2ccc(CNc3nccn3C(c3ccccc3)(c3ccccc3)c3ccccc3)cc2N1C)C(=O)O. The normalized spacial score (nSPS) is 14.8. The number of nitrogens with zero attached hydrogens (tertiary/aromatic N) is 3. The number of fused-ring (bicyclic) bond motifs is 1. The molecule has 478 valence electrons. The average Bonchev–Trinajstić information content (AvgIpc) is 1.76. The quantitative estimate of drug-likeness (QED) is 0.0133. The van der Waals surface area contributed by atoms with Crippen LogP contribution in [0.3, 0.4) is 0 Å². The van der Waals surface area contributed by atoms with Crippen LogP contribution in [0.1, 0.15) is 103 Å². The van der Waals surface area contributed by atoms with E-state index < -0.39 is 107 Å². The molecular formula is C62H76N8O16S3. The smallest absolute Gasteiger partial charge is 0.407 e. The first-order valence-corrected chi connectivity index (χ1v) is 33.4. The Morgan fingerprint density at radius 1 is 0.775 bits per heavy atom. The third-order valence-electron chi connectivity index (χ3n) is 14.8. The molecule has 27 heteroatoms. The number of ketones is 1. The molecule has 1 aromatic heterocycles. The number of hydrogen-bond donors (Lipinski definition) is 8. The van der Waals surface area contributed by atoms with Gasteiger partial charge in [-0.3, -0.25) is 32.9 Å². The molecule has 0 bridgehead atoms. The van der Waals surface area contributed by atoms with Gasteiger partial charge in [-0.25, -0.2) is 18.2 Å². The van der Waals surface area contributed by atoms with Gasteiger partial charge in [-0.2, -0.15) is 21.6 Å². The molecule has 8 N–H and O–H groups in total. The molecule has 0 aliphatic carbocycles. The number of hydrogen-bond acceptors (Lipinski definition) is 16. The summed E-state index contributed by atoms with van der Waals surface area (Å²) in [5.41, 5.74) is 3.25. The van der Waals surface area contributed by atoms with Gasteiger partial charge in [0.2, 0.25) is 27.8 Å². The van der Waals surface area contributed by atoms with Crippen molar-refractivity contribution in [2.45, 2.75) is 114 Å². The maximum Gasteiger partial charge on any atom is 0.407 e. The number of anilines is 2. The lowest BCUT2D eigenvalue weighted by Crippen LogP contribution is -2.54. The fourth-order valence-corrected chi connectivity index (χ4v) is 14.3. The molecule has 7 rings (SSSR count). The van der Waals surface area contributed by atoms with Crippen molar-refractivity contribution in [3.8, 4) is 5.75 Å². The van der Waals surface area contributed by atoms with E-state index >= 15 is 0 Å². The summed E-state index contributed by atoms with van der Waals surface area (Å²) in [6.45, 7) is 7.39. The largest absolute Gasteiger partial charge is 0.494 e. The van der Waals surface area contributed by atoms with Gasteiger partial charge in [-0.15, -0.1) is 0 Å². The molecule has 0 saturated carbocycles. The number of ether oxygens (including phenoxy) is 2. The van der Waals surface area contributed by atoms with Crippen molar-refractivity contribution < 1.29 is 72.9 Å². The molecule has 0 fully saturated rings. The van der Waals surface area contributed by atoms with E-state index in [0.29, 0.717) is 17.2 Å². The topological polar surface area (TPSA) is 348 Å². The molecular weight excluding hydrogens is 1210 g/mol. The Labute approximate surface area is 518 Å². The van der Waals surface area contributed by atoms with Gasteiger partial charge >= 0.3 is 12.1 Å². The highest BCUT2D eigenvalue weighted by Gasteiger charge is 2.41. The summed E-state index contributed by atoms with van der Waals surface area (Å²) in [5.74, 6) is -4.79. The zero-order valence-corrected chi connectivity index (χ0v) is 52.7. The highest BCUT2D eigenvalue weighted by molar-refractivity contribution is 7.89. The minimum absolute atomic E-state index is 0.0113. The number of likely N-dealkylation sites (N-methyl/N-ethyl adjacent to an activating group) is 1. The Morgan fingerprint density at radius 2 is 1.36 bits per heavy atom. The lowest BCUT2D eigenvalue weighted by atomic mass is 9.76. The Bertz CT molecular complexity index is 3710.